The second-order valence-electron chi connectivity index (χ2n) is 4.40. The van der Waals surface area contributed by atoms with E-state index in [1.165, 1.54) is 0 Å². The number of rotatable bonds is 5. The molecule has 1 amide bonds. The number of para-hydroxylation sites is 1. The number of anilines is 1. The fourth-order valence-corrected chi connectivity index (χ4v) is 2.17. The molecule has 1 heterocycles. The third-order valence-corrected chi connectivity index (χ3v) is 3.16. The summed E-state index contributed by atoms with van der Waals surface area (Å²) in [6.45, 7) is 1.36. The Morgan fingerprint density at radius 3 is 2.95 bits per heavy atom. The second-order valence-corrected chi connectivity index (χ2v) is 4.40. The Morgan fingerprint density at radius 1 is 1.40 bits per heavy atom. The maximum Gasteiger partial charge on any atom is 0.253 e. The normalized spacial score (nSPS) is 16.2. The second kappa shape index (κ2) is 7.02. The van der Waals surface area contributed by atoms with Crippen molar-refractivity contribution in [2.24, 2.45) is 5.16 Å². The van der Waals surface area contributed by atoms with Gasteiger partial charge in [0, 0.05) is 25.6 Å². The minimum atomic E-state index is -0.106. The molecule has 1 aliphatic heterocycles. The van der Waals surface area contributed by atoms with E-state index in [1.54, 1.807) is 12.0 Å². The average molecular weight is 278 g/mol. The summed E-state index contributed by atoms with van der Waals surface area (Å²) in [7, 11) is 1.59. The summed E-state index contributed by atoms with van der Waals surface area (Å²) >= 11 is 0. The minimum Gasteiger partial charge on any atom is -0.411 e. The van der Waals surface area contributed by atoms with Crippen LogP contribution in [-0.4, -0.2) is 50.3 Å². The molecule has 1 aromatic carbocycles. The van der Waals surface area contributed by atoms with Crippen LogP contribution in [0.2, 0.25) is 0 Å². The lowest BCUT2D eigenvalue weighted by atomic mass is 9.99. The molecule has 0 radical (unpaired) electrons. The fourth-order valence-electron chi connectivity index (χ4n) is 2.17. The molecular weight excluding hydrogens is 260 g/mol. The van der Waals surface area contributed by atoms with Crippen LogP contribution in [0.5, 0.6) is 0 Å². The molecular formula is C14H18N2O4. The molecule has 0 aliphatic carbocycles. The molecule has 0 fully saturated rings. The van der Waals surface area contributed by atoms with Gasteiger partial charge in [-0.1, -0.05) is 23.4 Å². The molecule has 0 saturated heterocycles. The SMILES string of the molecule is COCCOCC(=O)N1CC/C(=N/O)c2ccccc21. The molecule has 0 aromatic heterocycles. The van der Waals surface area contributed by atoms with E-state index in [4.69, 9.17) is 14.7 Å². The third kappa shape index (κ3) is 3.15. The summed E-state index contributed by atoms with van der Waals surface area (Å²) in [5.74, 6) is -0.106. The number of hydrogen-bond acceptors (Lipinski definition) is 5. The van der Waals surface area contributed by atoms with E-state index in [0.717, 1.165) is 11.3 Å². The maximum absolute atomic E-state index is 12.2. The summed E-state index contributed by atoms with van der Waals surface area (Å²) < 4.78 is 10.1. The van der Waals surface area contributed by atoms with E-state index in [1.807, 2.05) is 24.3 Å². The molecule has 0 unspecified atom stereocenters. The van der Waals surface area contributed by atoms with Crippen molar-refractivity contribution in [3.63, 3.8) is 0 Å². The Labute approximate surface area is 117 Å². The zero-order valence-corrected chi connectivity index (χ0v) is 11.4. The van der Waals surface area contributed by atoms with E-state index in [2.05, 4.69) is 5.16 Å². The van der Waals surface area contributed by atoms with Crippen LogP contribution in [0.3, 0.4) is 0 Å². The van der Waals surface area contributed by atoms with Gasteiger partial charge in [-0.3, -0.25) is 4.79 Å². The highest BCUT2D eigenvalue weighted by Crippen LogP contribution is 2.27. The van der Waals surface area contributed by atoms with E-state index in [9.17, 15) is 4.79 Å². The standard InChI is InChI=1S/C14H18N2O4/c1-19-8-9-20-10-14(17)16-7-6-12(15-18)11-4-2-3-5-13(11)16/h2-5,18H,6-10H2,1H3/b15-12-. The molecule has 108 valence electrons. The number of nitrogens with zero attached hydrogens (tertiary/aromatic N) is 2. The van der Waals surface area contributed by atoms with Gasteiger partial charge in [-0.05, 0) is 6.07 Å². The monoisotopic (exact) mass is 278 g/mol. The number of ether oxygens (including phenoxy) is 2. The van der Waals surface area contributed by atoms with Crippen LogP contribution >= 0.6 is 0 Å². The first kappa shape index (κ1) is 14.5. The molecule has 2 rings (SSSR count). The molecule has 1 aliphatic rings. The largest absolute Gasteiger partial charge is 0.411 e. The Morgan fingerprint density at radius 2 is 2.20 bits per heavy atom. The summed E-state index contributed by atoms with van der Waals surface area (Å²) in [4.78, 5) is 13.8. The number of fused-ring (bicyclic) bond motifs is 1. The van der Waals surface area contributed by atoms with Crippen molar-refractivity contribution in [1.82, 2.24) is 0 Å². The number of hydrogen-bond donors (Lipinski definition) is 1. The summed E-state index contributed by atoms with van der Waals surface area (Å²) in [6, 6.07) is 7.39. The van der Waals surface area contributed by atoms with Crippen molar-refractivity contribution in [3.8, 4) is 0 Å². The smallest absolute Gasteiger partial charge is 0.253 e. The summed E-state index contributed by atoms with van der Waals surface area (Å²) in [5.41, 5.74) is 2.14. The Balaban J connectivity index is 2.08. The van der Waals surface area contributed by atoms with Gasteiger partial charge in [0.2, 0.25) is 0 Å². The van der Waals surface area contributed by atoms with Crippen molar-refractivity contribution in [2.75, 3.05) is 38.4 Å². The molecule has 6 nitrogen and oxygen atoms in total. The van der Waals surface area contributed by atoms with Crippen molar-refractivity contribution in [2.45, 2.75) is 6.42 Å². The summed E-state index contributed by atoms with van der Waals surface area (Å²) in [6.07, 6.45) is 0.525. The van der Waals surface area contributed by atoms with Crippen LogP contribution in [0.1, 0.15) is 12.0 Å². The number of carbonyl (C=O) groups excluding carboxylic acids is 1. The number of amides is 1. The first-order chi connectivity index (χ1) is 9.77. The predicted octanol–water partition coefficient (Wildman–Crippen LogP) is 1.26. The van der Waals surface area contributed by atoms with Crippen LogP contribution in [0.4, 0.5) is 5.69 Å². The first-order valence-corrected chi connectivity index (χ1v) is 6.45. The van der Waals surface area contributed by atoms with Gasteiger partial charge >= 0.3 is 0 Å². The highest BCUT2D eigenvalue weighted by molar-refractivity contribution is 6.11. The Kier molecular flexibility index (Phi) is 5.09. The van der Waals surface area contributed by atoms with Gasteiger partial charge in [-0.2, -0.15) is 0 Å². The Hall–Kier alpha value is -1.92. The van der Waals surface area contributed by atoms with Gasteiger partial charge in [0.05, 0.1) is 24.6 Å². The molecule has 20 heavy (non-hydrogen) atoms. The molecule has 0 bridgehead atoms. The van der Waals surface area contributed by atoms with E-state index >= 15 is 0 Å². The lowest BCUT2D eigenvalue weighted by Crippen LogP contribution is -2.39. The highest BCUT2D eigenvalue weighted by Gasteiger charge is 2.25. The molecule has 1 N–H and O–H groups in total. The van der Waals surface area contributed by atoms with Crippen molar-refractivity contribution in [1.29, 1.82) is 0 Å². The molecule has 0 spiro atoms. The maximum atomic E-state index is 12.2. The topological polar surface area (TPSA) is 71.4 Å². The van der Waals surface area contributed by atoms with Crippen LogP contribution in [0.15, 0.2) is 29.4 Å². The van der Waals surface area contributed by atoms with Crippen LogP contribution in [-0.2, 0) is 14.3 Å². The minimum absolute atomic E-state index is 0.0172. The Bertz CT molecular complexity index is 502. The van der Waals surface area contributed by atoms with E-state index < -0.39 is 0 Å². The lowest BCUT2D eigenvalue weighted by molar-refractivity contribution is -0.123. The highest BCUT2D eigenvalue weighted by atomic mass is 16.5. The van der Waals surface area contributed by atoms with Gasteiger partial charge in [0.15, 0.2) is 0 Å². The van der Waals surface area contributed by atoms with Crippen LogP contribution in [0, 0.1) is 0 Å². The fraction of sp³-hybridized carbons (Fsp3) is 0.429. The van der Waals surface area contributed by atoms with Gasteiger partial charge in [-0.15, -0.1) is 0 Å². The van der Waals surface area contributed by atoms with Gasteiger partial charge in [0.25, 0.3) is 5.91 Å². The van der Waals surface area contributed by atoms with Crippen LogP contribution < -0.4 is 4.90 Å². The lowest BCUT2D eigenvalue weighted by Gasteiger charge is -2.29. The summed E-state index contributed by atoms with van der Waals surface area (Å²) in [5, 5.41) is 12.3. The number of benzene rings is 1. The van der Waals surface area contributed by atoms with Crippen molar-refractivity contribution >= 4 is 17.3 Å². The quantitative estimate of drug-likeness (QED) is 0.500. The van der Waals surface area contributed by atoms with Gasteiger partial charge in [0.1, 0.15) is 6.61 Å². The van der Waals surface area contributed by atoms with Gasteiger partial charge in [-0.25, -0.2) is 0 Å². The molecule has 0 atom stereocenters. The van der Waals surface area contributed by atoms with Crippen LogP contribution in [0.25, 0.3) is 0 Å². The van der Waals surface area contributed by atoms with Crippen molar-refractivity contribution < 1.29 is 19.5 Å². The van der Waals surface area contributed by atoms with Gasteiger partial charge < -0.3 is 19.6 Å². The van der Waals surface area contributed by atoms with Crippen molar-refractivity contribution in [3.05, 3.63) is 29.8 Å². The predicted molar refractivity (Wildman–Crippen MR) is 74.4 cm³/mol. The number of methoxy groups -OCH3 is 1. The third-order valence-electron chi connectivity index (χ3n) is 3.16. The zero-order valence-electron chi connectivity index (χ0n) is 11.4. The zero-order chi connectivity index (χ0) is 14.4. The molecule has 1 aromatic rings. The van der Waals surface area contributed by atoms with E-state index in [0.29, 0.717) is 31.9 Å². The molecule has 0 saturated carbocycles. The first-order valence-electron chi connectivity index (χ1n) is 6.45. The number of carbonyl (C=O) groups is 1. The average Bonchev–Trinajstić information content (AvgIpc) is 2.50. The van der Waals surface area contributed by atoms with E-state index in [-0.39, 0.29) is 12.5 Å². The number of oxime groups is 1. The molecule has 6 heteroatoms.